The van der Waals surface area contributed by atoms with Crippen molar-refractivity contribution >= 4 is 0 Å². The fraction of sp³-hybridized carbons (Fsp3) is 0.579. The molecule has 0 bridgehead atoms. The van der Waals surface area contributed by atoms with E-state index in [1.807, 2.05) is 0 Å². The Morgan fingerprint density at radius 1 is 0.895 bits per heavy atom. The van der Waals surface area contributed by atoms with E-state index in [0.717, 1.165) is 0 Å². The second kappa shape index (κ2) is 10.8. The van der Waals surface area contributed by atoms with Crippen LogP contribution in [0.25, 0.3) is 0 Å². The number of allylic oxidation sites excluding steroid dienone is 2. The van der Waals surface area contributed by atoms with Crippen molar-refractivity contribution in [3.8, 4) is 0 Å². The van der Waals surface area contributed by atoms with Crippen molar-refractivity contribution in [2.45, 2.75) is 71.1 Å². The highest BCUT2D eigenvalue weighted by atomic mass is 14.0. The summed E-state index contributed by atoms with van der Waals surface area (Å²) < 4.78 is 0. The van der Waals surface area contributed by atoms with Crippen LogP contribution >= 0.6 is 0 Å². The third-order valence-electron chi connectivity index (χ3n) is 3.72. The first-order valence-corrected chi connectivity index (χ1v) is 8.06. The predicted molar refractivity (Wildman–Crippen MR) is 86.6 cm³/mol. The van der Waals surface area contributed by atoms with Gasteiger partial charge in [-0.1, -0.05) is 94.9 Å². The van der Waals surface area contributed by atoms with Gasteiger partial charge in [-0.2, -0.15) is 0 Å². The molecule has 0 amide bonds. The van der Waals surface area contributed by atoms with Crippen molar-refractivity contribution in [2.24, 2.45) is 0 Å². The molecule has 19 heavy (non-hydrogen) atoms. The predicted octanol–water partition coefficient (Wildman–Crippen LogP) is 6.49. The van der Waals surface area contributed by atoms with E-state index < -0.39 is 0 Å². The maximum Gasteiger partial charge on any atom is -0.00104 e. The molecule has 0 saturated carbocycles. The Morgan fingerprint density at radius 2 is 1.53 bits per heavy atom. The van der Waals surface area contributed by atoms with E-state index in [9.17, 15) is 0 Å². The van der Waals surface area contributed by atoms with E-state index >= 15 is 0 Å². The van der Waals surface area contributed by atoms with Crippen LogP contribution in [0.5, 0.6) is 0 Å². The molecule has 0 aliphatic heterocycles. The van der Waals surface area contributed by atoms with Crippen molar-refractivity contribution in [3.63, 3.8) is 0 Å². The summed E-state index contributed by atoms with van der Waals surface area (Å²) in [6.07, 6.45) is 15.7. The van der Waals surface area contributed by atoms with E-state index in [4.69, 9.17) is 0 Å². The van der Waals surface area contributed by atoms with Crippen molar-refractivity contribution in [3.05, 3.63) is 48.0 Å². The number of hydrogen-bond acceptors (Lipinski definition) is 0. The second-order valence-corrected chi connectivity index (χ2v) is 5.54. The molecule has 0 aliphatic carbocycles. The van der Waals surface area contributed by atoms with Crippen molar-refractivity contribution < 1.29 is 0 Å². The summed E-state index contributed by atoms with van der Waals surface area (Å²) in [7, 11) is 0. The van der Waals surface area contributed by atoms with Crippen molar-refractivity contribution in [1.82, 2.24) is 0 Å². The minimum absolute atomic E-state index is 0.547. The molecule has 0 heteroatoms. The summed E-state index contributed by atoms with van der Waals surface area (Å²) in [6, 6.07) is 10.7. The lowest BCUT2D eigenvalue weighted by Crippen LogP contribution is -1.87. The number of benzene rings is 1. The molecule has 106 valence electrons. The van der Waals surface area contributed by atoms with Gasteiger partial charge in [0.05, 0.1) is 0 Å². The fourth-order valence-corrected chi connectivity index (χ4v) is 2.39. The van der Waals surface area contributed by atoms with Gasteiger partial charge in [-0.15, -0.1) is 0 Å². The molecule has 0 spiro atoms. The van der Waals surface area contributed by atoms with Gasteiger partial charge in [0.1, 0.15) is 0 Å². The molecule has 0 heterocycles. The van der Waals surface area contributed by atoms with Crippen molar-refractivity contribution in [2.75, 3.05) is 0 Å². The van der Waals surface area contributed by atoms with E-state index in [1.54, 1.807) is 0 Å². The minimum Gasteiger partial charge on any atom is -0.0879 e. The van der Waals surface area contributed by atoms with Crippen LogP contribution in [-0.4, -0.2) is 0 Å². The topological polar surface area (TPSA) is 0 Å². The lowest BCUT2D eigenvalue weighted by Gasteiger charge is -2.05. The van der Waals surface area contributed by atoms with Gasteiger partial charge in [0.15, 0.2) is 0 Å². The molecule has 0 fully saturated rings. The highest BCUT2D eigenvalue weighted by Crippen LogP contribution is 2.16. The number of rotatable bonds is 10. The molecular formula is C19H30. The molecule has 1 atom stereocenters. The summed E-state index contributed by atoms with van der Waals surface area (Å²) >= 11 is 0. The van der Waals surface area contributed by atoms with Gasteiger partial charge in [-0.3, -0.25) is 0 Å². The highest BCUT2D eigenvalue weighted by molar-refractivity contribution is 5.22. The number of unbranched alkanes of at least 4 members (excludes halogenated alkanes) is 7. The molecular weight excluding hydrogens is 228 g/mol. The summed E-state index contributed by atoms with van der Waals surface area (Å²) in [5, 5.41) is 0. The Labute approximate surface area is 119 Å². The largest absolute Gasteiger partial charge is 0.0879 e. The highest BCUT2D eigenvalue weighted by Gasteiger charge is 1.98. The molecule has 1 aromatic carbocycles. The quantitative estimate of drug-likeness (QED) is 0.332. The van der Waals surface area contributed by atoms with Gasteiger partial charge in [-0.25, -0.2) is 0 Å². The Balaban J connectivity index is 2.04. The molecule has 0 N–H and O–H groups in total. The first kappa shape index (κ1) is 16.0. The van der Waals surface area contributed by atoms with Gasteiger partial charge in [0, 0.05) is 0 Å². The Morgan fingerprint density at radius 3 is 2.21 bits per heavy atom. The third-order valence-corrected chi connectivity index (χ3v) is 3.72. The standard InChI is InChI=1S/C19H30/c1-3-4-5-6-7-8-9-10-12-15-18(2)19-16-13-11-14-17-19/h11-18H,3-10H2,1-2H3. The van der Waals surface area contributed by atoms with Crippen LogP contribution in [0.3, 0.4) is 0 Å². The van der Waals surface area contributed by atoms with Crippen LogP contribution in [0.2, 0.25) is 0 Å². The van der Waals surface area contributed by atoms with Crippen LogP contribution < -0.4 is 0 Å². The fourth-order valence-electron chi connectivity index (χ4n) is 2.39. The molecule has 1 unspecified atom stereocenters. The van der Waals surface area contributed by atoms with Crippen LogP contribution in [0.1, 0.15) is 76.7 Å². The Bertz CT molecular complexity index is 323. The first-order chi connectivity index (χ1) is 9.34. The normalized spacial score (nSPS) is 12.9. The van der Waals surface area contributed by atoms with E-state index in [1.165, 1.54) is 56.9 Å². The lowest BCUT2D eigenvalue weighted by atomic mass is 10.00. The monoisotopic (exact) mass is 258 g/mol. The van der Waals surface area contributed by atoms with E-state index in [0.29, 0.717) is 5.92 Å². The average Bonchev–Trinajstić information content (AvgIpc) is 2.46. The molecule has 0 saturated heterocycles. The third kappa shape index (κ3) is 7.87. The van der Waals surface area contributed by atoms with Crippen molar-refractivity contribution in [1.29, 1.82) is 0 Å². The molecule has 0 nitrogen and oxygen atoms in total. The molecule has 1 rings (SSSR count). The Kier molecular flexibility index (Phi) is 9.14. The summed E-state index contributed by atoms with van der Waals surface area (Å²) in [5.41, 5.74) is 1.42. The first-order valence-electron chi connectivity index (χ1n) is 8.06. The second-order valence-electron chi connectivity index (χ2n) is 5.54. The zero-order valence-corrected chi connectivity index (χ0v) is 12.8. The molecule has 0 radical (unpaired) electrons. The SMILES string of the molecule is CCCCCCCCCC=CC(C)c1ccccc1. The summed E-state index contributed by atoms with van der Waals surface area (Å²) in [5.74, 6) is 0.547. The zero-order valence-electron chi connectivity index (χ0n) is 12.8. The minimum atomic E-state index is 0.547. The summed E-state index contributed by atoms with van der Waals surface area (Å²) in [6.45, 7) is 4.55. The average molecular weight is 258 g/mol. The maximum absolute atomic E-state index is 2.36. The number of hydrogen-bond donors (Lipinski definition) is 0. The van der Waals surface area contributed by atoms with Gasteiger partial charge >= 0.3 is 0 Å². The Hall–Kier alpha value is -1.04. The van der Waals surface area contributed by atoms with Crippen LogP contribution in [-0.2, 0) is 0 Å². The zero-order chi connectivity index (χ0) is 13.8. The van der Waals surface area contributed by atoms with Crippen LogP contribution in [0.15, 0.2) is 42.5 Å². The van der Waals surface area contributed by atoms with Gasteiger partial charge in [0.25, 0.3) is 0 Å². The van der Waals surface area contributed by atoms with Gasteiger partial charge < -0.3 is 0 Å². The van der Waals surface area contributed by atoms with Gasteiger partial charge in [-0.05, 0) is 24.3 Å². The maximum atomic E-state index is 2.36. The molecule has 1 aromatic rings. The van der Waals surface area contributed by atoms with Gasteiger partial charge in [0.2, 0.25) is 0 Å². The van der Waals surface area contributed by atoms with E-state index in [2.05, 4.69) is 56.3 Å². The van der Waals surface area contributed by atoms with Crippen LogP contribution in [0.4, 0.5) is 0 Å². The van der Waals surface area contributed by atoms with E-state index in [-0.39, 0.29) is 0 Å². The molecule has 0 aliphatic rings. The molecule has 0 aromatic heterocycles. The van der Waals surface area contributed by atoms with Crippen LogP contribution in [0, 0.1) is 0 Å². The smallest absolute Gasteiger partial charge is 0.00104 e. The lowest BCUT2D eigenvalue weighted by molar-refractivity contribution is 0.592. The summed E-state index contributed by atoms with van der Waals surface area (Å²) in [4.78, 5) is 0.